The predicted molar refractivity (Wildman–Crippen MR) is 78.5 cm³/mol. The van der Waals surface area contributed by atoms with Crippen LogP contribution >= 0.6 is 0 Å². The molecule has 0 bridgehead atoms. The Hall–Kier alpha value is -2.29. The van der Waals surface area contributed by atoms with Crippen molar-refractivity contribution in [3.05, 3.63) is 60.2 Å². The first-order valence-corrected chi connectivity index (χ1v) is 6.32. The molecule has 0 unspecified atom stereocenters. The van der Waals surface area contributed by atoms with E-state index < -0.39 is 0 Å². The maximum atomic E-state index is 4.55. The normalized spacial score (nSPS) is 12.1. The highest BCUT2D eigenvalue weighted by Crippen LogP contribution is 2.18. The van der Waals surface area contributed by atoms with E-state index in [1.807, 2.05) is 69.3 Å². The van der Waals surface area contributed by atoms with Gasteiger partial charge in [0.05, 0.1) is 0 Å². The molecule has 0 fully saturated rings. The lowest BCUT2D eigenvalue weighted by Gasteiger charge is -2.05. The molecule has 0 aliphatic heterocycles. The van der Waals surface area contributed by atoms with E-state index in [1.54, 1.807) is 0 Å². The molecule has 1 aromatic carbocycles. The average molecular weight is 251 g/mol. The molecular formula is C16H17N3. The van der Waals surface area contributed by atoms with Gasteiger partial charge in [-0.15, -0.1) is 0 Å². The molecule has 0 N–H and O–H groups in total. The Morgan fingerprint density at radius 1 is 1.00 bits per heavy atom. The van der Waals surface area contributed by atoms with Gasteiger partial charge in [-0.25, -0.2) is 15.0 Å². The number of hydrogen-bond donors (Lipinski definition) is 0. The minimum Gasteiger partial charge on any atom is -0.213 e. The molecule has 0 amide bonds. The fraction of sp³-hybridized carbons (Fsp3) is 0.188. The lowest BCUT2D eigenvalue weighted by atomic mass is 10.2. The summed E-state index contributed by atoms with van der Waals surface area (Å²) in [6.07, 6.45) is 5.99. The van der Waals surface area contributed by atoms with Gasteiger partial charge in [0.2, 0.25) is 0 Å². The summed E-state index contributed by atoms with van der Waals surface area (Å²) in [5.74, 6) is 2.16. The number of hydrogen-bond acceptors (Lipinski definition) is 3. The van der Waals surface area contributed by atoms with Crippen LogP contribution in [0.1, 0.15) is 25.5 Å². The Morgan fingerprint density at radius 3 is 2.37 bits per heavy atom. The molecule has 0 aliphatic rings. The maximum absolute atomic E-state index is 4.55. The van der Waals surface area contributed by atoms with Crippen molar-refractivity contribution in [3.8, 4) is 11.4 Å². The number of allylic oxidation sites excluding steroid dienone is 4. The van der Waals surface area contributed by atoms with Crippen LogP contribution in [0, 0.1) is 6.92 Å². The average Bonchev–Trinajstić information content (AvgIpc) is 2.45. The van der Waals surface area contributed by atoms with Crippen LogP contribution in [0.3, 0.4) is 0 Å². The van der Waals surface area contributed by atoms with Gasteiger partial charge in [0.1, 0.15) is 5.82 Å². The summed E-state index contributed by atoms with van der Waals surface area (Å²) in [4.78, 5) is 13.4. The van der Waals surface area contributed by atoms with Gasteiger partial charge in [0.25, 0.3) is 0 Å². The lowest BCUT2D eigenvalue weighted by molar-refractivity contribution is 0.962. The summed E-state index contributed by atoms with van der Waals surface area (Å²) in [7, 11) is 0. The second-order valence-corrected chi connectivity index (χ2v) is 4.14. The molecule has 3 nitrogen and oxygen atoms in total. The van der Waals surface area contributed by atoms with Crippen molar-refractivity contribution in [2.75, 3.05) is 0 Å². The molecule has 2 aromatic rings. The standard InChI is InChI=1S/C16H17N3/c1-4-9-13(5-2)15-17-12(3)18-16(19-15)14-10-7-6-8-11-14/h4-11H,1-3H3/b9-4-,13-5+. The lowest BCUT2D eigenvalue weighted by Crippen LogP contribution is -2.01. The highest BCUT2D eigenvalue weighted by molar-refractivity contribution is 5.70. The molecule has 2 rings (SSSR count). The fourth-order valence-corrected chi connectivity index (χ4v) is 1.81. The van der Waals surface area contributed by atoms with E-state index in [0.717, 1.165) is 17.0 Å². The Balaban J connectivity index is 2.52. The van der Waals surface area contributed by atoms with E-state index in [9.17, 15) is 0 Å². The second-order valence-electron chi connectivity index (χ2n) is 4.14. The van der Waals surface area contributed by atoms with Crippen molar-refractivity contribution in [1.29, 1.82) is 0 Å². The SMILES string of the molecule is C/C=C\C(=C/C)c1nc(C)nc(-c2ccccc2)n1. The van der Waals surface area contributed by atoms with Crippen LogP contribution < -0.4 is 0 Å². The van der Waals surface area contributed by atoms with E-state index in [2.05, 4.69) is 15.0 Å². The molecule has 1 heterocycles. The smallest absolute Gasteiger partial charge is 0.163 e. The molecule has 0 saturated carbocycles. The molecule has 1 aromatic heterocycles. The Kier molecular flexibility index (Phi) is 4.18. The first kappa shape index (κ1) is 13.1. The number of aromatic nitrogens is 3. The van der Waals surface area contributed by atoms with Gasteiger partial charge in [-0.05, 0) is 20.8 Å². The van der Waals surface area contributed by atoms with Gasteiger partial charge >= 0.3 is 0 Å². The molecule has 0 saturated heterocycles. The third-order valence-electron chi connectivity index (χ3n) is 2.69. The molecule has 19 heavy (non-hydrogen) atoms. The monoisotopic (exact) mass is 251 g/mol. The molecule has 0 aliphatic carbocycles. The minimum atomic E-state index is 0.715. The minimum absolute atomic E-state index is 0.715. The van der Waals surface area contributed by atoms with Crippen molar-refractivity contribution in [1.82, 2.24) is 15.0 Å². The van der Waals surface area contributed by atoms with Crippen molar-refractivity contribution in [3.63, 3.8) is 0 Å². The van der Waals surface area contributed by atoms with Crippen LogP contribution in [-0.2, 0) is 0 Å². The van der Waals surface area contributed by atoms with Gasteiger partial charge < -0.3 is 0 Å². The predicted octanol–water partition coefficient (Wildman–Crippen LogP) is 3.83. The van der Waals surface area contributed by atoms with Gasteiger partial charge in [-0.3, -0.25) is 0 Å². The zero-order chi connectivity index (χ0) is 13.7. The second kappa shape index (κ2) is 6.05. The van der Waals surface area contributed by atoms with E-state index in [1.165, 1.54) is 0 Å². The quantitative estimate of drug-likeness (QED) is 0.778. The first-order valence-electron chi connectivity index (χ1n) is 6.32. The number of nitrogens with zero attached hydrogens (tertiary/aromatic N) is 3. The summed E-state index contributed by atoms with van der Waals surface area (Å²) < 4.78 is 0. The van der Waals surface area contributed by atoms with Crippen LogP contribution in [0.15, 0.2) is 48.6 Å². The number of rotatable bonds is 3. The van der Waals surface area contributed by atoms with E-state index >= 15 is 0 Å². The largest absolute Gasteiger partial charge is 0.213 e. The van der Waals surface area contributed by atoms with Crippen LogP contribution in [0.2, 0.25) is 0 Å². The number of benzene rings is 1. The summed E-state index contributed by atoms with van der Waals surface area (Å²) in [6, 6.07) is 9.95. The molecule has 0 radical (unpaired) electrons. The summed E-state index contributed by atoms with van der Waals surface area (Å²) >= 11 is 0. The van der Waals surface area contributed by atoms with E-state index in [4.69, 9.17) is 0 Å². The summed E-state index contributed by atoms with van der Waals surface area (Å²) in [5, 5.41) is 0. The van der Waals surface area contributed by atoms with E-state index in [0.29, 0.717) is 11.6 Å². The highest BCUT2D eigenvalue weighted by atomic mass is 15.0. The third kappa shape index (κ3) is 3.13. The summed E-state index contributed by atoms with van der Waals surface area (Å²) in [6.45, 7) is 5.85. The van der Waals surface area contributed by atoms with Crippen LogP contribution in [0.25, 0.3) is 17.0 Å². The topological polar surface area (TPSA) is 38.7 Å². The molecule has 0 atom stereocenters. The van der Waals surface area contributed by atoms with Crippen molar-refractivity contribution in [2.24, 2.45) is 0 Å². The van der Waals surface area contributed by atoms with Gasteiger partial charge in [0.15, 0.2) is 11.6 Å². The first-order chi connectivity index (χ1) is 9.24. The van der Waals surface area contributed by atoms with Crippen molar-refractivity contribution in [2.45, 2.75) is 20.8 Å². The fourth-order valence-electron chi connectivity index (χ4n) is 1.81. The molecule has 96 valence electrons. The van der Waals surface area contributed by atoms with E-state index in [-0.39, 0.29) is 0 Å². The van der Waals surface area contributed by atoms with Crippen molar-refractivity contribution < 1.29 is 0 Å². The molecule has 0 spiro atoms. The van der Waals surface area contributed by atoms with Crippen LogP contribution in [-0.4, -0.2) is 15.0 Å². The van der Waals surface area contributed by atoms with Gasteiger partial charge in [-0.2, -0.15) is 0 Å². The zero-order valence-corrected chi connectivity index (χ0v) is 11.5. The third-order valence-corrected chi connectivity index (χ3v) is 2.69. The molecular weight excluding hydrogens is 234 g/mol. The van der Waals surface area contributed by atoms with Crippen LogP contribution in [0.5, 0.6) is 0 Å². The van der Waals surface area contributed by atoms with Crippen LogP contribution in [0.4, 0.5) is 0 Å². The van der Waals surface area contributed by atoms with Gasteiger partial charge in [0, 0.05) is 11.1 Å². The molecule has 3 heteroatoms. The zero-order valence-electron chi connectivity index (χ0n) is 11.5. The Labute approximate surface area is 113 Å². The number of aryl methyl sites for hydroxylation is 1. The van der Waals surface area contributed by atoms with Gasteiger partial charge in [-0.1, -0.05) is 48.6 Å². The maximum Gasteiger partial charge on any atom is 0.163 e. The van der Waals surface area contributed by atoms with Crippen molar-refractivity contribution >= 4 is 5.57 Å². The summed E-state index contributed by atoms with van der Waals surface area (Å²) in [5.41, 5.74) is 2.01. The highest BCUT2D eigenvalue weighted by Gasteiger charge is 2.07. The Bertz CT molecular complexity index is 613. The Morgan fingerprint density at radius 2 is 1.74 bits per heavy atom.